The smallest absolute Gasteiger partial charge is 0.322 e. The number of piperidine rings is 1. The molecule has 3 N–H and O–H groups in total. The molecule has 1 fully saturated rings. The number of benzene rings is 1. The lowest BCUT2D eigenvalue weighted by atomic mass is 10.0. The number of nitrogens with one attached hydrogen (secondary N) is 1. The number of ether oxygens (including phenoxy) is 3. The van der Waals surface area contributed by atoms with Crippen molar-refractivity contribution < 1.29 is 14.2 Å². The van der Waals surface area contributed by atoms with Crippen molar-refractivity contribution in [2.24, 2.45) is 0 Å². The first-order valence-corrected chi connectivity index (χ1v) is 10.5. The second-order valence-corrected chi connectivity index (χ2v) is 7.35. The van der Waals surface area contributed by atoms with Gasteiger partial charge in [0.1, 0.15) is 16.5 Å². The number of nitrogens with two attached hydrogens (primary N) is 1. The van der Waals surface area contributed by atoms with Crippen LogP contribution in [0.2, 0.25) is 5.02 Å². The first-order valence-electron chi connectivity index (χ1n) is 10.1. The Morgan fingerprint density at radius 2 is 1.73 bits per heavy atom. The molecule has 1 aromatic carbocycles. The molecular weight excluding hydrogens is 408 g/mol. The Balaban J connectivity index is 1.60. The summed E-state index contributed by atoms with van der Waals surface area (Å²) in [6.07, 6.45) is 1.91. The molecule has 30 heavy (non-hydrogen) atoms. The van der Waals surface area contributed by atoms with Crippen LogP contribution in [-0.2, 0) is 6.54 Å². The Morgan fingerprint density at radius 3 is 2.30 bits per heavy atom. The van der Waals surface area contributed by atoms with Gasteiger partial charge in [-0.05, 0) is 44.4 Å². The number of likely N-dealkylation sites (tertiary alicyclic amines) is 1. The summed E-state index contributed by atoms with van der Waals surface area (Å²) >= 11 is 6.40. The number of aromatic nitrogens is 3. The van der Waals surface area contributed by atoms with Gasteiger partial charge in [-0.2, -0.15) is 15.0 Å². The van der Waals surface area contributed by atoms with E-state index >= 15 is 0 Å². The zero-order valence-corrected chi connectivity index (χ0v) is 18.4. The van der Waals surface area contributed by atoms with E-state index in [1.165, 1.54) is 7.11 Å². The molecule has 3 rings (SSSR count). The Labute approximate surface area is 181 Å². The number of halogens is 1. The van der Waals surface area contributed by atoms with Crippen LogP contribution in [0, 0.1) is 0 Å². The fourth-order valence-corrected chi connectivity index (χ4v) is 3.66. The number of hydrogen-bond donors (Lipinski definition) is 2. The first-order chi connectivity index (χ1) is 14.5. The molecule has 2 heterocycles. The maximum atomic E-state index is 6.40. The van der Waals surface area contributed by atoms with E-state index in [1.807, 2.05) is 26.0 Å². The number of anilines is 2. The minimum Gasteiger partial charge on any atom is -0.492 e. The third kappa shape index (κ3) is 5.76. The second-order valence-electron chi connectivity index (χ2n) is 6.97. The van der Waals surface area contributed by atoms with E-state index in [2.05, 4.69) is 25.2 Å². The van der Waals surface area contributed by atoms with Crippen LogP contribution < -0.4 is 25.3 Å². The summed E-state index contributed by atoms with van der Waals surface area (Å²) in [5.74, 6) is 1.91. The minimum absolute atomic E-state index is 0.139. The summed E-state index contributed by atoms with van der Waals surface area (Å²) in [4.78, 5) is 14.6. The Bertz CT molecular complexity index is 818. The van der Waals surface area contributed by atoms with Crippen molar-refractivity contribution in [3.8, 4) is 17.5 Å². The molecule has 9 nitrogen and oxygen atoms in total. The molecule has 0 saturated carbocycles. The molecule has 0 bridgehead atoms. The largest absolute Gasteiger partial charge is 0.492 e. The molecule has 1 aliphatic heterocycles. The first kappa shape index (κ1) is 22.2. The molecule has 1 saturated heterocycles. The van der Waals surface area contributed by atoms with E-state index in [4.69, 9.17) is 31.5 Å². The zero-order valence-electron chi connectivity index (χ0n) is 17.7. The highest BCUT2D eigenvalue weighted by atomic mass is 35.5. The summed E-state index contributed by atoms with van der Waals surface area (Å²) in [6, 6.07) is 4.47. The van der Waals surface area contributed by atoms with Gasteiger partial charge in [0.05, 0.1) is 20.3 Å². The molecule has 0 aliphatic carbocycles. The van der Waals surface area contributed by atoms with E-state index in [1.54, 1.807) is 0 Å². The Hall–Kier alpha value is -2.52. The Morgan fingerprint density at radius 1 is 1.10 bits per heavy atom. The van der Waals surface area contributed by atoms with Crippen molar-refractivity contribution in [2.45, 2.75) is 39.3 Å². The van der Waals surface area contributed by atoms with E-state index < -0.39 is 0 Å². The lowest BCUT2D eigenvalue weighted by Gasteiger charge is -2.32. The molecule has 0 radical (unpaired) electrons. The lowest BCUT2D eigenvalue weighted by Crippen LogP contribution is -2.39. The van der Waals surface area contributed by atoms with E-state index in [0.29, 0.717) is 35.7 Å². The van der Waals surface area contributed by atoms with Crippen molar-refractivity contribution in [3.63, 3.8) is 0 Å². The van der Waals surface area contributed by atoms with Gasteiger partial charge in [0.25, 0.3) is 0 Å². The van der Waals surface area contributed by atoms with Crippen LogP contribution in [0.3, 0.4) is 0 Å². The maximum absolute atomic E-state index is 6.40. The summed E-state index contributed by atoms with van der Waals surface area (Å²) in [5.41, 5.74) is 6.82. The van der Waals surface area contributed by atoms with Gasteiger partial charge in [-0.1, -0.05) is 11.6 Å². The molecule has 164 valence electrons. The van der Waals surface area contributed by atoms with Crippen molar-refractivity contribution >= 4 is 23.5 Å². The standard InChI is InChI=1S/C20H29ClN6O3/c1-4-29-15-10-13(11-16(17(15)21)30-5-2)12-27-8-6-14(7-9-27)23-19-24-18(22)25-20(26-19)28-3/h10-11,14H,4-9,12H2,1-3H3,(H3,22,23,24,25,26). The maximum Gasteiger partial charge on any atom is 0.322 e. The van der Waals surface area contributed by atoms with Gasteiger partial charge < -0.3 is 25.3 Å². The van der Waals surface area contributed by atoms with Crippen molar-refractivity contribution in [3.05, 3.63) is 22.7 Å². The monoisotopic (exact) mass is 436 g/mol. The van der Waals surface area contributed by atoms with Crippen LogP contribution in [-0.4, -0.2) is 59.3 Å². The van der Waals surface area contributed by atoms with Gasteiger partial charge in [-0.3, -0.25) is 4.90 Å². The number of hydrogen-bond acceptors (Lipinski definition) is 9. The second kappa shape index (κ2) is 10.5. The van der Waals surface area contributed by atoms with Gasteiger partial charge in [0.15, 0.2) is 0 Å². The Kier molecular flexibility index (Phi) is 7.75. The third-order valence-corrected chi connectivity index (χ3v) is 5.18. The van der Waals surface area contributed by atoms with Crippen molar-refractivity contribution in [1.29, 1.82) is 0 Å². The molecule has 0 atom stereocenters. The van der Waals surface area contributed by atoms with Crippen LogP contribution in [0.15, 0.2) is 12.1 Å². The number of methoxy groups -OCH3 is 1. The molecule has 0 amide bonds. The van der Waals surface area contributed by atoms with E-state index in [9.17, 15) is 0 Å². The van der Waals surface area contributed by atoms with E-state index in [-0.39, 0.29) is 18.0 Å². The normalized spacial score (nSPS) is 15.1. The fourth-order valence-electron chi connectivity index (χ4n) is 3.44. The number of nitrogens with zero attached hydrogens (tertiary/aromatic N) is 4. The highest BCUT2D eigenvalue weighted by Crippen LogP contribution is 2.36. The van der Waals surface area contributed by atoms with Gasteiger partial charge in [-0.15, -0.1) is 0 Å². The average Bonchev–Trinajstić information content (AvgIpc) is 2.72. The number of nitrogen functional groups attached to an aromatic ring is 1. The van der Waals surface area contributed by atoms with Crippen molar-refractivity contribution in [2.75, 3.05) is 44.5 Å². The summed E-state index contributed by atoms with van der Waals surface area (Å²) in [6.45, 7) is 7.67. The van der Waals surface area contributed by atoms with Crippen LogP contribution in [0.5, 0.6) is 17.5 Å². The highest BCUT2D eigenvalue weighted by molar-refractivity contribution is 6.33. The molecule has 2 aromatic rings. The topological polar surface area (TPSA) is 108 Å². The predicted octanol–water partition coefficient (Wildman–Crippen LogP) is 2.99. The fraction of sp³-hybridized carbons (Fsp3) is 0.550. The minimum atomic E-state index is 0.139. The van der Waals surface area contributed by atoms with Gasteiger partial charge >= 0.3 is 6.01 Å². The molecule has 0 spiro atoms. The van der Waals surface area contributed by atoms with Crippen LogP contribution in [0.1, 0.15) is 32.3 Å². The summed E-state index contributed by atoms with van der Waals surface area (Å²) in [7, 11) is 1.50. The summed E-state index contributed by atoms with van der Waals surface area (Å²) < 4.78 is 16.4. The SMILES string of the molecule is CCOc1cc(CN2CCC(Nc3nc(N)nc(OC)n3)CC2)cc(OCC)c1Cl. The predicted molar refractivity (Wildman–Crippen MR) is 117 cm³/mol. The van der Waals surface area contributed by atoms with Crippen molar-refractivity contribution in [1.82, 2.24) is 19.9 Å². The summed E-state index contributed by atoms with van der Waals surface area (Å²) in [5, 5.41) is 3.86. The van der Waals surface area contributed by atoms with Gasteiger partial charge in [0, 0.05) is 25.7 Å². The van der Waals surface area contributed by atoms with Gasteiger partial charge in [-0.25, -0.2) is 0 Å². The highest BCUT2D eigenvalue weighted by Gasteiger charge is 2.21. The molecule has 0 unspecified atom stereocenters. The number of rotatable bonds is 9. The third-order valence-electron chi connectivity index (χ3n) is 4.81. The van der Waals surface area contributed by atoms with Crippen LogP contribution in [0.25, 0.3) is 0 Å². The molecule has 10 heteroatoms. The van der Waals surface area contributed by atoms with Gasteiger partial charge in [0.2, 0.25) is 11.9 Å². The molecule has 1 aliphatic rings. The molecule has 1 aromatic heterocycles. The van der Waals surface area contributed by atoms with Crippen LogP contribution >= 0.6 is 11.6 Å². The lowest BCUT2D eigenvalue weighted by molar-refractivity contribution is 0.210. The quantitative estimate of drug-likeness (QED) is 0.613. The average molecular weight is 437 g/mol. The van der Waals surface area contributed by atoms with E-state index in [0.717, 1.165) is 38.0 Å². The zero-order chi connectivity index (χ0) is 21.5. The van der Waals surface area contributed by atoms with Crippen LogP contribution in [0.4, 0.5) is 11.9 Å². The molecular formula is C20H29ClN6O3.